The fourth-order valence-corrected chi connectivity index (χ4v) is 3.56. The molecular formula is C22H24FN5O. The Morgan fingerprint density at radius 1 is 0.931 bits per heavy atom. The van der Waals surface area contributed by atoms with Gasteiger partial charge in [-0.05, 0) is 30.7 Å². The van der Waals surface area contributed by atoms with Gasteiger partial charge in [-0.3, -0.25) is 9.69 Å². The Balaban J connectivity index is 1.22. The van der Waals surface area contributed by atoms with Crippen molar-refractivity contribution < 1.29 is 9.18 Å². The van der Waals surface area contributed by atoms with Gasteiger partial charge in [0, 0.05) is 44.0 Å². The molecule has 0 saturated carbocycles. The normalized spacial score (nSPS) is 14.9. The van der Waals surface area contributed by atoms with Gasteiger partial charge in [0.2, 0.25) is 5.78 Å². The van der Waals surface area contributed by atoms with Gasteiger partial charge in [0.25, 0.3) is 0 Å². The van der Waals surface area contributed by atoms with Crippen molar-refractivity contribution in [2.24, 2.45) is 0 Å². The molecule has 0 N–H and O–H groups in total. The van der Waals surface area contributed by atoms with E-state index >= 15 is 0 Å². The first-order valence-electron chi connectivity index (χ1n) is 9.92. The van der Waals surface area contributed by atoms with Crippen molar-refractivity contribution in [3.05, 3.63) is 77.9 Å². The van der Waals surface area contributed by atoms with Crippen LogP contribution in [0.4, 0.5) is 10.1 Å². The molecule has 1 aliphatic heterocycles. The Morgan fingerprint density at radius 2 is 1.66 bits per heavy atom. The zero-order valence-electron chi connectivity index (χ0n) is 16.2. The zero-order valence-corrected chi connectivity index (χ0v) is 16.2. The van der Waals surface area contributed by atoms with Gasteiger partial charge in [0.15, 0.2) is 5.69 Å². The van der Waals surface area contributed by atoms with E-state index < -0.39 is 0 Å². The van der Waals surface area contributed by atoms with E-state index in [-0.39, 0.29) is 11.6 Å². The van der Waals surface area contributed by atoms with Crippen molar-refractivity contribution >= 4 is 11.5 Å². The second kappa shape index (κ2) is 8.96. The predicted molar refractivity (Wildman–Crippen MR) is 110 cm³/mol. The van der Waals surface area contributed by atoms with Crippen molar-refractivity contribution in [2.45, 2.75) is 13.0 Å². The fraction of sp³-hybridized carbons (Fsp3) is 0.318. The Morgan fingerprint density at radius 3 is 2.38 bits per heavy atom. The molecule has 1 saturated heterocycles. The third kappa shape index (κ3) is 4.86. The summed E-state index contributed by atoms with van der Waals surface area (Å²) in [7, 11) is 0. The van der Waals surface area contributed by atoms with Crippen LogP contribution < -0.4 is 4.90 Å². The first-order chi connectivity index (χ1) is 14.2. The molecule has 150 valence electrons. The largest absolute Gasteiger partial charge is 0.369 e. The Kier molecular flexibility index (Phi) is 5.95. The van der Waals surface area contributed by atoms with Gasteiger partial charge >= 0.3 is 0 Å². The van der Waals surface area contributed by atoms with Gasteiger partial charge in [-0.25, -0.2) is 4.39 Å². The third-order valence-electron chi connectivity index (χ3n) is 5.20. The van der Waals surface area contributed by atoms with Gasteiger partial charge in [-0.15, -0.1) is 5.10 Å². The van der Waals surface area contributed by atoms with Gasteiger partial charge in [0.05, 0.1) is 12.7 Å². The highest BCUT2D eigenvalue weighted by Crippen LogP contribution is 2.17. The Hall–Kier alpha value is -3.06. The number of anilines is 1. The molecule has 1 aliphatic rings. The molecule has 0 spiro atoms. The summed E-state index contributed by atoms with van der Waals surface area (Å²) in [5, 5.41) is 8.56. The average Bonchev–Trinajstić information content (AvgIpc) is 3.24. The molecule has 0 unspecified atom stereocenters. The van der Waals surface area contributed by atoms with E-state index in [0.717, 1.165) is 44.8 Å². The topological polar surface area (TPSA) is 54.3 Å². The van der Waals surface area contributed by atoms with E-state index in [2.05, 4.69) is 20.0 Å². The number of benzene rings is 2. The van der Waals surface area contributed by atoms with Crippen LogP contribution in [-0.2, 0) is 6.54 Å². The zero-order chi connectivity index (χ0) is 20.1. The molecule has 0 radical (unpaired) electrons. The van der Waals surface area contributed by atoms with Crippen LogP contribution in [0.15, 0.2) is 60.8 Å². The molecular weight excluding hydrogens is 369 g/mol. The van der Waals surface area contributed by atoms with E-state index in [9.17, 15) is 9.18 Å². The van der Waals surface area contributed by atoms with Crippen LogP contribution in [0.2, 0.25) is 0 Å². The quantitative estimate of drug-likeness (QED) is 0.578. The van der Waals surface area contributed by atoms with Gasteiger partial charge in [-0.1, -0.05) is 30.3 Å². The molecule has 1 fully saturated rings. The second-order valence-corrected chi connectivity index (χ2v) is 7.18. The molecule has 4 rings (SSSR count). The number of rotatable bonds is 7. The number of hydrogen-bond acceptors (Lipinski definition) is 5. The Labute approximate surface area is 169 Å². The standard InChI is InChI=1S/C22H24FN5O/c23-19-7-9-20(10-8-19)27-15-13-26(14-16-27)11-4-12-28-24-17-21(25-28)22(29)18-5-2-1-3-6-18/h1-3,5-10,17H,4,11-16H2. The minimum absolute atomic E-state index is 0.103. The highest BCUT2D eigenvalue weighted by Gasteiger charge is 2.17. The molecule has 7 heteroatoms. The number of aromatic nitrogens is 3. The van der Waals surface area contributed by atoms with Crippen molar-refractivity contribution in [3.8, 4) is 0 Å². The number of hydrogen-bond donors (Lipinski definition) is 0. The van der Waals surface area contributed by atoms with E-state index in [1.165, 1.54) is 18.3 Å². The van der Waals surface area contributed by atoms with Gasteiger partial charge < -0.3 is 4.90 Å². The first-order valence-corrected chi connectivity index (χ1v) is 9.92. The molecule has 0 aliphatic carbocycles. The highest BCUT2D eigenvalue weighted by atomic mass is 19.1. The maximum absolute atomic E-state index is 13.1. The summed E-state index contributed by atoms with van der Waals surface area (Å²) in [5.41, 5.74) is 2.07. The lowest BCUT2D eigenvalue weighted by Gasteiger charge is -2.36. The predicted octanol–water partition coefficient (Wildman–Crippen LogP) is 2.86. The van der Waals surface area contributed by atoms with Crippen LogP contribution in [0.3, 0.4) is 0 Å². The molecule has 0 bridgehead atoms. The summed E-state index contributed by atoms with van der Waals surface area (Å²) in [5.74, 6) is -0.304. The summed E-state index contributed by atoms with van der Waals surface area (Å²) in [6.45, 7) is 5.45. The minimum Gasteiger partial charge on any atom is -0.369 e. The number of aryl methyl sites for hydroxylation is 1. The first kappa shape index (κ1) is 19.3. The van der Waals surface area contributed by atoms with Crippen LogP contribution in [0, 0.1) is 5.82 Å². The average molecular weight is 393 g/mol. The molecule has 2 heterocycles. The van der Waals surface area contributed by atoms with Crippen molar-refractivity contribution in [2.75, 3.05) is 37.6 Å². The molecule has 0 atom stereocenters. The smallest absolute Gasteiger partial charge is 0.214 e. The number of halogens is 1. The van der Waals surface area contributed by atoms with Gasteiger partial charge in [0.1, 0.15) is 5.82 Å². The lowest BCUT2D eigenvalue weighted by molar-refractivity contribution is 0.103. The number of carbonyl (C=O) groups is 1. The number of carbonyl (C=O) groups excluding carboxylic acids is 1. The summed E-state index contributed by atoms with van der Waals surface area (Å²) >= 11 is 0. The van der Waals surface area contributed by atoms with Crippen LogP contribution >= 0.6 is 0 Å². The van der Waals surface area contributed by atoms with E-state index in [4.69, 9.17) is 0 Å². The maximum Gasteiger partial charge on any atom is 0.214 e. The molecule has 2 aromatic carbocycles. The van der Waals surface area contributed by atoms with Crippen molar-refractivity contribution in [3.63, 3.8) is 0 Å². The third-order valence-corrected chi connectivity index (χ3v) is 5.20. The van der Waals surface area contributed by atoms with Crippen LogP contribution in [0.5, 0.6) is 0 Å². The molecule has 29 heavy (non-hydrogen) atoms. The second-order valence-electron chi connectivity index (χ2n) is 7.18. The molecule has 3 aromatic rings. The monoisotopic (exact) mass is 393 g/mol. The summed E-state index contributed by atoms with van der Waals surface area (Å²) in [4.78, 5) is 18.7. The lowest BCUT2D eigenvalue weighted by atomic mass is 10.1. The van der Waals surface area contributed by atoms with E-state index in [0.29, 0.717) is 17.8 Å². The number of piperazine rings is 1. The van der Waals surface area contributed by atoms with E-state index in [1.807, 2.05) is 30.3 Å². The molecule has 1 aromatic heterocycles. The summed E-state index contributed by atoms with van der Waals surface area (Å²) in [6.07, 6.45) is 2.46. The highest BCUT2D eigenvalue weighted by molar-refractivity contribution is 6.07. The van der Waals surface area contributed by atoms with Crippen LogP contribution in [0.25, 0.3) is 0 Å². The number of ketones is 1. The van der Waals surface area contributed by atoms with Crippen LogP contribution in [-0.4, -0.2) is 58.4 Å². The van der Waals surface area contributed by atoms with Gasteiger partial charge in [-0.2, -0.15) is 9.90 Å². The van der Waals surface area contributed by atoms with Crippen molar-refractivity contribution in [1.82, 2.24) is 19.9 Å². The minimum atomic E-state index is -0.201. The Bertz CT molecular complexity index is 933. The SMILES string of the molecule is O=C(c1ccccc1)c1cnn(CCCN2CCN(c3ccc(F)cc3)CC2)n1. The van der Waals surface area contributed by atoms with E-state index in [1.54, 1.807) is 16.9 Å². The van der Waals surface area contributed by atoms with Crippen LogP contribution in [0.1, 0.15) is 22.5 Å². The molecule has 6 nitrogen and oxygen atoms in total. The lowest BCUT2D eigenvalue weighted by Crippen LogP contribution is -2.46. The molecule has 0 amide bonds. The summed E-state index contributed by atoms with van der Waals surface area (Å²) < 4.78 is 13.1. The van der Waals surface area contributed by atoms with Crippen molar-refractivity contribution in [1.29, 1.82) is 0 Å². The summed E-state index contributed by atoms with van der Waals surface area (Å²) in [6, 6.07) is 15.8. The fourth-order valence-electron chi connectivity index (χ4n) is 3.56. The number of nitrogens with zero attached hydrogens (tertiary/aromatic N) is 5. The maximum atomic E-state index is 13.1.